The molecule has 0 amide bonds. The van der Waals surface area contributed by atoms with Crippen LogP contribution in [0.2, 0.25) is 20.5 Å². The van der Waals surface area contributed by atoms with Crippen molar-refractivity contribution in [3.05, 3.63) is 48.7 Å². The van der Waals surface area contributed by atoms with E-state index < -0.39 is 0 Å². The van der Waals surface area contributed by atoms with Crippen molar-refractivity contribution in [1.29, 1.82) is 0 Å². The smallest absolute Gasteiger partial charge is 0.317 e. The number of aromatic nitrogens is 1. The average Bonchev–Trinajstić information content (AvgIpc) is 2.59. The third-order valence-electron chi connectivity index (χ3n) is 5.19. The number of anilines is 1. The zero-order valence-electron chi connectivity index (χ0n) is 14.9. The Bertz CT molecular complexity index is 659. The van der Waals surface area contributed by atoms with E-state index in [2.05, 4.69) is 78.0 Å². The summed E-state index contributed by atoms with van der Waals surface area (Å²) in [4.78, 5) is 4.52. The minimum absolute atomic E-state index is 0. The minimum Gasteiger partial charge on any atom is -0.436 e. The summed E-state index contributed by atoms with van der Waals surface area (Å²) in [5.74, 6) is 0. The largest absolute Gasteiger partial charge is 0.436 e. The van der Waals surface area contributed by atoms with Crippen LogP contribution in [0.25, 0.3) is 11.3 Å². The molecular formula is C16H22B3IrN4-. The molecule has 1 aromatic carbocycles. The van der Waals surface area contributed by atoms with Gasteiger partial charge in [-0.3, -0.25) is 0 Å². The maximum atomic E-state index is 4.52. The quantitative estimate of drug-likeness (QED) is 0.473. The van der Waals surface area contributed by atoms with Crippen molar-refractivity contribution in [3.63, 3.8) is 0 Å². The Morgan fingerprint density at radius 3 is 2.21 bits per heavy atom. The summed E-state index contributed by atoms with van der Waals surface area (Å²) in [6.07, 6.45) is 1.89. The van der Waals surface area contributed by atoms with E-state index in [1.54, 1.807) is 0 Å². The number of pyridine rings is 1. The van der Waals surface area contributed by atoms with E-state index in [4.69, 9.17) is 0 Å². The third-order valence-corrected chi connectivity index (χ3v) is 5.19. The summed E-state index contributed by atoms with van der Waals surface area (Å²) in [6.45, 7) is 7.84. The van der Waals surface area contributed by atoms with Crippen molar-refractivity contribution in [3.8, 4) is 11.3 Å². The fourth-order valence-electron chi connectivity index (χ4n) is 3.33. The Morgan fingerprint density at radius 2 is 1.62 bits per heavy atom. The van der Waals surface area contributed by atoms with E-state index in [9.17, 15) is 0 Å². The van der Waals surface area contributed by atoms with Gasteiger partial charge < -0.3 is 19.1 Å². The summed E-state index contributed by atoms with van der Waals surface area (Å²) < 4.78 is 7.21. The Labute approximate surface area is 160 Å². The molecule has 8 heteroatoms. The van der Waals surface area contributed by atoms with Crippen LogP contribution >= 0.6 is 0 Å². The van der Waals surface area contributed by atoms with Gasteiger partial charge in [-0.25, -0.2) is 0 Å². The van der Waals surface area contributed by atoms with Gasteiger partial charge in [-0.1, -0.05) is 26.5 Å². The van der Waals surface area contributed by atoms with Crippen LogP contribution in [0.3, 0.4) is 0 Å². The molecule has 3 rings (SSSR count). The first-order chi connectivity index (χ1) is 11.0. The van der Waals surface area contributed by atoms with Gasteiger partial charge in [0.15, 0.2) is 0 Å². The summed E-state index contributed by atoms with van der Waals surface area (Å²) in [5, 5.41) is 0. The summed E-state index contributed by atoms with van der Waals surface area (Å²) in [7, 11) is 4.36. The van der Waals surface area contributed by atoms with Gasteiger partial charge in [-0.05, 0) is 25.9 Å². The van der Waals surface area contributed by atoms with E-state index in [-0.39, 0.29) is 20.1 Å². The Kier molecular flexibility index (Phi) is 6.32. The van der Waals surface area contributed by atoms with Crippen LogP contribution in [0.4, 0.5) is 5.69 Å². The molecule has 125 valence electrons. The average molecular weight is 495 g/mol. The van der Waals surface area contributed by atoms with E-state index >= 15 is 0 Å². The monoisotopic (exact) mass is 496 g/mol. The maximum Gasteiger partial charge on any atom is 0.317 e. The van der Waals surface area contributed by atoms with Crippen LogP contribution in [-0.4, -0.2) is 49.5 Å². The zero-order valence-corrected chi connectivity index (χ0v) is 17.3. The summed E-state index contributed by atoms with van der Waals surface area (Å²) >= 11 is 0. The van der Waals surface area contributed by atoms with Gasteiger partial charge in [-0.2, -0.15) is 0 Å². The number of rotatable bonds is 2. The van der Waals surface area contributed by atoms with E-state index in [0.29, 0.717) is 20.9 Å². The van der Waals surface area contributed by atoms with Gasteiger partial charge >= 0.3 is 14.0 Å². The second kappa shape index (κ2) is 7.88. The number of nitrogens with zero attached hydrogens (tertiary/aromatic N) is 4. The molecule has 1 aliphatic heterocycles. The van der Waals surface area contributed by atoms with E-state index in [0.717, 1.165) is 11.3 Å². The van der Waals surface area contributed by atoms with Gasteiger partial charge in [-0.15, -0.1) is 35.9 Å². The second-order valence-electron chi connectivity index (χ2n) is 6.31. The molecule has 0 atom stereocenters. The normalized spacial score (nSPS) is 16.4. The van der Waals surface area contributed by atoms with Gasteiger partial charge in [0, 0.05) is 32.0 Å². The van der Waals surface area contributed by atoms with Gasteiger partial charge in [0.05, 0.1) is 0 Å². The predicted molar refractivity (Wildman–Crippen MR) is 101 cm³/mol. The molecule has 0 bridgehead atoms. The second-order valence-corrected chi connectivity index (χ2v) is 6.31. The molecule has 1 aliphatic rings. The molecular weight excluding hydrogens is 473 g/mol. The van der Waals surface area contributed by atoms with Crippen LogP contribution in [0, 0.1) is 6.07 Å². The molecule has 0 aliphatic carbocycles. The summed E-state index contributed by atoms with van der Waals surface area (Å²) in [6, 6.07) is 15.5. The first-order valence-corrected chi connectivity index (χ1v) is 8.16. The molecule has 1 fully saturated rings. The fourth-order valence-corrected chi connectivity index (χ4v) is 3.33. The minimum atomic E-state index is 0. The first kappa shape index (κ1) is 19.3. The van der Waals surface area contributed by atoms with Crippen molar-refractivity contribution in [2.45, 2.75) is 20.5 Å². The Hall–Kier alpha value is -1.07. The van der Waals surface area contributed by atoms with Crippen molar-refractivity contribution < 1.29 is 20.1 Å². The van der Waals surface area contributed by atoms with Crippen LogP contribution in [0.1, 0.15) is 0 Å². The van der Waals surface area contributed by atoms with Crippen molar-refractivity contribution in [2.24, 2.45) is 0 Å². The molecule has 1 aromatic heterocycles. The molecule has 0 saturated carbocycles. The van der Waals surface area contributed by atoms with Crippen LogP contribution in [0.15, 0.2) is 42.6 Å². The van der Waals surface area contributed by atoms with Crippen LogP contribution in [-0.2, 0) is 20.1 Å². The summed E-state index contributed by atoms with van der Waals surface area (Å²) in [5.41, 5.74) is 3.19. The Balaban J connectivity index is 0.00000208. The van der Waals surface area contributed by atoms with Gasteiger partial charge in [0.2, 0.25) is 0 Å². The molecule has 24 heavy (non-hydrogen) atoms. The maximum absolute atomic E-state index is 4.52. The van der Waals surface area contributed by atoms with Crippen molar-refractivity contribution in [1.82, 2.24) is 14.4 Å². The molecule has 0 unspecified atom stereocenters. The van der Waals surface area contributed by atoms with E-state index in [1.807, 2.05) is 24.4 Å². The Morgan fingerprint density at radius 1 is 0.958 bits per heavy atom. The number of hydrogen-bond acceptors (Lipinski definition) is 4. The van der Waals surface area contributed by atoms with Crippen molar-refractivity contribution >= 4 is 26.6 Å². The topological polar surface area (TPSA) is 22.6 Å². The zero-order chi connectivity index (χ0) is 16.6. The molecule has 0 spiro atoms. The fraction of sp³-hybridized carbons (Fsp3) is 0.312. The molecule has 1 radical (unpaired) electrons. The first-order valence-electron chi connectivity index (χ1n) is 8.16. The van der Waals surface area contributed by atoms with E-state index in [1.165, 1.54) is 5.69 Å². The molecule has 2 aromatic rings. The van der Waals surface area contributed by atoms with Crippen LogP contribution < -0.4 is 4.72 Å². The molecule has 1 saturated heterocycles. The number of hydrogen-bond donors (Lipinski definition) is 0. The molecule has 2 heterocycles. The van der Waals surface area contributed by atoms with Gasteiger partial charge in [0.25, 0.3) is 6.98 Å². The van der Waals surface area contributed by atoms with Crippen molar-refractivity contribution in [2.75, 3.05) is 18.8 Å². The third kappa shape index (κ3) is 3.47. The van der Waals surface area contributed by atoms with Crippen LogP contribution in [0.5, 0.6) is 0 Å². The number of benzene rings is 1. The molecule has 0 N–H and O–H groups in total. The molecule has 4 nitrogen and oxygen atoms in total. The SMILES string of the molecule is CB1N(C)B(C)N(c2ccnc(-c3[c-]cccc3)c2)B(C)N1C.[Ir]. The predicted octanol–water partition coefficient (Wildman–Crippen LogP) is 2.58. The standard InChI is InChI=1S/C16H22B3N4.Ir/c1-17-21(4)18(2)23(19(3)22(17)5)15-11-12-20-16(13-15)14-9-7-6-8-10-14;/h6-9,11-13H,1-5H3;/q-1;. The van der Waals surface area contributed by atoms with Gasteiger partial charge in [0.1, 0.15) is 0 Å².